The molecule has 0 aliphatic heterocycles. The molecule has 0 amide bonds. The molecule has 0 aliphatic rings. The van der Waals surface area contributed by atoms with Crippen LogP contribution in [0.5, 0.6) is 0 Å². The summed E-state index contributed by atoms with van der Waals surface area (Å²) in [6.45, 7) is 9.71. The summed E-state index contributed by atoms with van der Waals surface area (Å²) in [6, 6.07) is 6.33. The van der Waals surface area contributed by atoms with Crippen molar-refractivity contribution in [2.24, 2.45) is 0 Å². The third kappa shape index (κ3) is 4.57. The van der Waals surface area contributed by atoms with Gasteiger partial charge >= 0.3 is 0 Å². The number of rotatable bonds is 7. The summed E-state index contributed by atoms with van der Waals surface area (Å²) in [5, 5.41) is 3.07. The molecule has 0 saturated heterocycles. The molecule has 7 nitrogen and oxygen atoms in total. The smallest absolute Gasteiger partial charge is 0.262 e. The van der Waals surface area contributed by atoms with E-state index in [9.17, 15) is 16.8 Å². The van der Waals surface area contributed by atoms with Gasteiger partial charge in [0.05, 0.1) is 21.2 Å². The molecule has 2 rings (SSSR count). The second kappa shape index (κ2) is 8.33. The zero-order chi connectivity index (χ0) is 22.1. The molecular formula is C20H29N3O4S2. The molecule has 0 unspecified atom stereocenters. The molecule has 0 radical (unpaired) electrons. The Hall–Kier alpha value is -2.10. The zero-order valence-electron chi connectivity index (χ0n) is 17.9. The second-order valence-electron chi connectivity index (χ2n) is 7.22. The summed E-state index contributed by atoms with van der Waals surface area (Å²) in [4.78, 5) is 0.231. The van der Waals surface area contributed by atoms with Gasteiger partial charge in [-0.1, -0.05) is 6.07 Å². The van der Waals surface area contributed by atoms with E-state index < -0.39 is 20.0 Å². The molecule has 2 N–H and O–H groups in total. The summed E-state index contributed by atoms with van der Waals surface area (Å²) in [5.41, 5.74) is 3.79. The second-order valence-corrected chi connectivity index (χ2v) is 11.0. The van der Waals surface area contributed by atoms with E-state index in [4.69, 9.17) is 0 Å². The van der Waals surface area contributed by atoms with Gasteiger partial charge in [-0.2, -0.15) is 0 Å². The molecule has 9 heteroatoms. The van der Waals surface area contributed by atoms with E-state index in [1.165, 1.54) is 26.2 Å². The van der Waals surface area contributed by atoms with Crippen LogP contribution in [0, 0.1) is 27.7 Å². The number of nitrogens with zero attached hydrogens (tertiary/aromatic N) is 1. The Bertz CT molecular complexity index is 1110. The van der Waals surface area contributed by atoms with Crippen LogP contribution in [0.1, 0.15) is 29.2 Å². The van der Waals surface area contributed by atoms with E-state index in [2.05, 4.69) is 10.0 Å². The van der Waals surface area contributed by atoms with E-state index in [0.717, 1.165) is 15.4 Å². The van der Waals surface area contributed by atoms with Crippen LogP contribution in [0.4, 0.5) is 11.4 Å². The number of sulfonamides is 2. The topological polar surface area (TPSA) is 95.6 Å². The lowest BCUT2D eigenvalue weighted by Crippen LogP contribution is -2.23. The summed E-state index contributed by atoms with van der Waals surface area (Å²) in [6.07, 6.45) is 0. The van der Waals surface area contributed by atoms with Crippen molar-refractivity contribution in [1.29, 1.82) is 0 Å². The first-order valence-corrected chi connectivity index (χ1v) is 12.2. The van der Waals surface area contributed by atoms with Crippen molar-refractivity contribution >= 4 is 31.4 Å². The van der Waals surface area contributed by atoms with Crippen LogP contribution in [0.25, 0.3) is 0 Å². The Morgan fingerprint density at radius 2 is 1.41 bits per heavy atom. The molecular weight excluding hydrogens is 410 g/mol. The SMILES string of the molecule is CCNc1ccc(S(=O)(=O)N(C)C)cc1NS(=O)(=O)c1c(C)c(C)cc(C)c1C. The van der Waals surface area contributed by atoms with E-state index in [0.29, 0.717) is 23.4 Å². The van der Waals surface area contributed by atoms with Crippen molar-refractivity contribution < 1.29 is 16.8 Å². The van der Waals surface area contributed by atoms with Crippen LogP contribution in [-0.2, 0) is 20.0 Å². The molecule has 0 fully saturated rings. The Kier molecular flexibility index (Phi) is 6.66. The van der Waals surface area contributed by atoms with E-state index in [-0.39, 0.29) is 15.5 Å². The van der Waals surface area contributed by atoms with Gasteiger partial charge in [0, 0.05) is 20.6 Å². The highest BCUT2D eigenvalue weighted by Crippen LogP contribution is 2.32. The van der Waals surface area contributed by atoms with Gasteiger partial charge in [-0.3, -0.25) is 4.72 Å². The predicted molar refractivity (Wildman–Crippen MR) is 118 cm³/mol. The lowest BCUT2D eigenvalue weighted by Gasteiger charge is -2.19. The molecule has 2 aromatic rings. The normalized spacial score (nSPS) is 12.3. The first kappa shape index (κ1) is 23.2. The lowest BCUT2D eigenvalue weighted by atomic mass is 10.0. The number of aryl methyl sites for hydroxylation is 2. The minimum Gasteiger partial charge on any atom is -0.384 e. The van der Waals surface area contributed by atoms with Crippen molar-refractivity contribution in [2.45, 2.75) is 44.4 Å². The van der Waals surface area contributed by atoms with Gasteiger partial charge in [-0.05, 0) is 75.1 Å². The largest absolute Gasteiger partial charge is 0.384 e. The summed E-state index contributed by atoms with van der Waals surface area (Å²) in [5.74, 6) is 0. The van der Waals surface area contributed by atoms with Crippen LogP contribution in [-0.4, -0.2) is 41.8 Å². The molecule has 160 valence electrons. The van der Waals surface area contributed by atoms with E-state index in [1.807, 2.05) is 26.8 Å². The number of hydrogen-bond donors (Lipinski definition) is 2. The monoisotopic (exact) mass is 439 g/mol. The van der Waals surface area contributed by atoms with Gasteiger partial charge in [-0.15, -0.1) is 0 Å². The molecule has 0 aromatic heterocycles. The maximum absolute atomic E-state index is 13.3. The van der Waals surface area contributed by atoms with Crippen molar-refractivity contribution in [2.75, 3.05) is 30.7 Å². The Morgan fingerprint density at radius 1 is 0.862 bits per heavy atom. The fraction of sp³-hybridized carbons (Fsp3) is 0.400. The molecule has 0 heterocycles. The average molecular weight is 440 g/mol. The lowest BCUT2D eigenvalue weighted by molar-refractivity contribution is 0.521. The fourth-order valence-electron chi connectivity index (χ4n) is 3.10. The van der Waals surface area contributed by atoms with Crippen molar-refractivity contribution in [3.63, 3.8) is 0 Å². The van der Waals surface area contributed by atoms with E-state index in [1.54, 1.807) is 19.9 Å². The fourth-order valence-corrected chi connectivity index (χ4v) is 5.72. The highest BCUT2D eigenvalue weighted by atomic mass is 32.2. The third-order valence-electron chi connectivity index (χ3n) is 4.95. The molecule has 0 spiro atoms. The van der Waals surface area contributed by atoms with Crippen LogP contribution in [0.15, 0.2) is 34.1 Å². The van der Waals surface area contributed by atoms with Crippen LogP contribution in [0.2, 0.25) is 0 Å². The third-order valence-corrected chi connectivity index (χ3v) is 8.40. The van der Waals surface area contributed by atoms with Crippen LogP contribution >= 0.6 is 0 Å². The van der Waals surface area contributed by atoms with Crippen LogP contribution < -0.4 is 10.0 Å². The van der Waals surface area contributed by atoms with Gasteiger partial charge in [0.2, 0.25) is 10.0 Å². The quantitative estimate of drug-likeness (QED) is 0.689. The molecule has 0 bridgehead atoms. The Labute approximate surface area is 174 Å². The van der Waals surface area contributed by atoms with Crippen molar-refractivity contribution in [1.82, 2.24) is 4.31 Å². The first-order chi connectivity index (χ1) is 13.3. The number of benzene rings is 2. The van der Waals surface area contributed by atoms with Gasteiger partial charge in [0.15, 0.2) is 0 Å². The molecule has 0 saturated carbocycles. The van der Waals surface area contributed by atoms with Gasteiger partial charge in [-0.25, -0.2) is 21.1 Å². The maximum atomic E-state index is 13.3. The summed E-state index contributed by atoms with van der Waals surface area (Å²) in [7, 11) is -4.79. The standard InChI is InChI=1S/C20H29N3O4S2/c1-8-21-18-10-9-17(29(26,27)23(6)7)12-19(18)22-28(24,25)20-15(4)13(2)11-14(3)16(20)5/h9-12,21-22H,8H2,1-7H3. The molecule has 0 aliphatic carbocycles. The van der Waals surface area contributed by atoms with Crippen molar-refractivity contribution in [3.8, 4) is 0 Å². The minimum atomic E-state index is -3.94. The average Bonchev–Trinajstić information content (AvgIpc) is 2.61. The number of nitrogens with one attached hydrogen (secondary N) is 2. The summed E-state index contributed by atoms with van der Waals surface area (Å²) >= 11 is 0. The Balaban J connectivity index is 2.66. The van der Waals surface area contributed by atoms with Gasteiger partial charge in [0.25, 0.3) is 10.0 Å². The van der Waals surface area contributed by atoms with Gasteiger partial charge in [0.1, 0.15) is 0 Å². The first-order valence-electron chi connectivity index (χ1n) is 9.23. The maximum Gasteiger partial charge on any atom is 0.262 e. The predicted octanol–water partition coefficient (Wildman–Crippen LogP) is 3.40. The van der Waals surface area contributed by atoms with E-state index >= 15 is 0 Å². The van der Waals surface area contributed by atoms with Gasteiger partial charge < -0.3 is 5.32 Å². The highest BCUT2D eigenvalue weighted by Gasteiger charge is 2.25. The van der Waals surface area contributed by atoms with Crippen molar-refractivity contribution in [3.05, 3.63) is 46.5 Å². The zero-order valence-corrected chi connectivity index (χ0v) is 19.5. The molecule has 29 heavy (non-hydrogen) atoms. The highest BCUT2D eigenvalue weighted by molar-refractivity contribution is 7.93. The number of anilines is 2. The molecule has 0 atom stereocenters. The minimum absolute atomic E-state index is 0.00993. The number of hydrogen-bond acceptors (Lipinski definition) is 5. The summed E-state index contributed by atoms with van der Waals surface area (Å²) < 4.78 is 55.3. The Morgan fingerprint density at radius 3 is 1.90 bits per heavy atom. The van der Waals surface area contributed by atoms with Crippen LogP contribution in [0.3, 0.4) is 0 Å². The molecule has 2 aromatic carbocycles.